The summed E-state index contributed by atoms with van der Waals surface area (Å²) in [7, 11) is 1.17. The fraction of sp³-hybridized carbons (Fsp3) is 0.111. The van der Waals surface area contributed by atoms with Gasteiger partial charge in [-0.1, -0.05) is 30.3 Å². The highest BCUT2D eigenvalue weighted by Crippen LogP contribution is 2.24. The number of hydrogen-bond donors (Lipinski definition) is 2. The molecule has 5 aromatic rings. The van der Waals surface area contributed by atoms with Gasteiger partial charge in [-0.05, 0) is 41.3 Å². The van der Waals surface area contributed by atoms with E-state index in [1.54, 1.807) is 24.4 Å². The number of nitrogens with zero attached hydrogens (tertiary/aromatic N) is 2. The Bertz CT molecular complexity index is 1600. The Labute approximate surface area is 204 Å². The minimum atomic E-state index is -1.17. The Balaban J connectivity index is 1.45. The van der Waals surface area contributed by atoms with E-state index < -0.39 is 29.6 Å². The van der Waals surface area contributed by atoms with Crippen LogP contribution in [0.3, 0.4) is 0 Å². The Morgan fingerprint density at radius 1 is 1.00 bits per heavy atom. The summed E-state index contributed by atoms with van der Waals surface area (Å²) in [6, 6.07) is 16.5. The highest BCUT2D eigenvalue weighted by atomic mass is 19.1. The van der Waals surface area contributed by atoms with E-state index >= 15 is 0 Å². The Hall–Kier alpha value is -4.66. The number of hydrogen-bond acceptors (Lipinski definition) is 5. The number of aromatic nitrogens is 3. The number of rotatable bonds is 6. The van der Waals surface area contributed by atoms with Gasteiger partial charge in [0.05, 0.1) is 18.2 Å². The highest BCUT2D eigenvalue weighted by Gasteiger charge is 2.25. The molecular weight excluding hydrogens is 466 g/mol. The molecule has 0 saturated carbocycles. The first kappa shape index (κ1) is 23.1. The Morgan fingerprint density at radius 3 is 2.50 bits per heavy atom. The van der Waals surface area contributed by atoms with Crippen LogP contribution in [-0.2, 0) is 16.0 Å². The minimum absolute atomic E-state index is 0.157. The number of methoxy groups -OCH3 is 1. The second kappa shape index (κ2) is 9.53. The number of esters is 1. The topological polar surface area (TPSA) is 97.0 Å². The van der Waals surface area contributed by atoms with Crippen LogP contribution in [0.2, 0.25) is 0 Å². The molecule has 0 unspecified atom stereocenters. The minimum Gasteiger partial charge on any atom is -0.467 e. The number of halogens is 2. The molecule has 0 radical (unpaired) electrons. The van der Waals surface area contributed by atoms with E-state index in [4.69, 9.17) is 4.74 Å². The average Bonchev–Trinajstić information content (AvgIpc) is 3.31. The third kappa shape index (κ3) is 4.63. The number of ether oxygens (including phenoxy) is 1. The number of carbonyl (C=O) groups is 2. The van der Waals surface area contributed by atoms with Crippen molar-refractivity contribution >= 4 is 33.7 Å². The van der Waals surface area contributed by atoms with Gasteiger partial charge in [-0.15, -0.1) is 0 Å². The summed E-state index contributed by atoms with van der Waals surface area (Å²) in [4.78, 5) is 37.8. The molecule has 36 heavy (non-hydrogen) atoms. The van der Waals surface area contributed by atoms with Crippen molar-refractivity contribution in [3.8, 4) is 11.5 Å². The highest BCUT2D eigenvalue weighted by molar-refractivity contribution is 6.06. The summed E-state index contributed by atoms with van der Waals surface area (Å²) in [6.07, 6.45) is 1.59. The van der Waals surface area contributed by atoms with Crippen molar-refractivity contribution in [1.82, 2.24) is 20.3 Å². The summed E-state index contributed by atoms with van der Waals surface area (Å²) in [6.45, 7) is 0. The van der Waals surface area contributed by atoms with Gasteiger partial charge in [0.2, 0.25) is 0 Å². The number of para-hydroxylation sites is 1. The monoisotopic (exact) mass is 486 g/mol. The Morgan fingerprint density at radius 2 is 1.75 bits per heavy atom. The maximum atomic E-state index is 13.6. The molecule has 0 bridgehead atoms. The van der Waals surface area contributed by atoms with Crippen LogP contribution < -0.4 is 5.32 Å². The first-order valence-corrected chi connectivity index (χ1v) is 11.1. The lowest BCUT2D eigenvalue weighted by Crippen LogP contribution is -2.43. The van der Waals surface area contributed by atoms with Gasteiger partial charge in [-0.25, -0.2) is 18.6 Å². The fourth-order valence-corrected chi connectivity index (χ4v) is 4.09. The number of pyridine rings is 1. The molecular formula is C27H20F2N4O3. The predicted octanol–water partition coefficient (Wildman–Crippen LogP) is 4.57. The molecule has 2 N–H and O–H groups in total. The molecule has 5 rings (SSSR count). The van der Waals surface area contributed by atoms with Crippen molar-refractivity contribution < 1.29 is 23.1 Å². The van der Waals surface area contributed by atoms with Gasteiger partial charge in [-0.3, -0.25) is 9.78 Å². The Kier molecular flexibility index (Phi) is 6.12. The first-order chi connectivity index (χ1) is 17.4. The number of nitrogens with one attached hydrogen (secondary N) is 2. The summed E-state index contributed by atoms with van der Waals surface area (Å²) in [5, 5.41) is 4.60. The predicted molar refractivity (Wildman–Crippen MR) is 130 cm³/mol. The maximum Gasteiger partial charge on any atom is 0.328 e. The third-order valence-corrected chi connectivity index (χ3v) is 5.78. The molecule has 7 nitrogen and oxygen atoms in total. The van der Waals surface area contributed by atoms with E-state index in [2.05, 4.69) is 20.3 Å². The zero-order valence-corrected chi connectivity index (χ0v) is 19.1. The van der Waals surface area contributed by atoms with Crippen LogP contribution >= 0.6 is 0 Å². The van der Waals surface area contributed by atoms with E-state index in [0.717, 1.165) is 29.0 Å². The molecule has 3 aromatic carbocycles. The summed E-state index contributed by atoms with van der Waals surface area (Å²) < 4.78 is 32.1. The fourth-order valence-electron chi connectivity index (χ4n) is 4.09. The van der Waals surface area contributed by atoms with E-state index in [0.29, 0.717) is 22.6 Å². The van der Waals surface area contributed by atoms with Gasteiger partial charge in [0.25, 0.3) is 5.91 Å². The van der Waals surface area contributed by atoms with Crippen LogP contribution in [0.4, 0.5) is 8.78 Å². The molecule has 0 saturated heterocycles. The van der Waals surface area contributed by atoms with Gasteiger partial charge in [0.1, 0.15) is 28.9 Å². The van der Waals surface area contributed by atoms with Crippen LogP contribution in [0.25, 0.3) is 33.3 Å². The van der Waals surface area contributed by atoms with Crippen molar-refractivity contribution in [3.05, 3.63) is 95.7 Å². The number of carbonyl (C=O) groups excluding carboxylic acids is 2. The average molecular weight is 486 g/mol. The molecule has 0 aliphatic carbocycles. The lowest BCUT2D eigenvalue weighted by Gasteiger charge is -2.17. The van der Waals surface area contributed by atoms with Crippen molar-refractivity contribution in [3.63, 3.8) is 0 Å². The van der Waals surface area contributed by atoms with Gasteiger partial charge in [0.15, 0.2) is 5.82 Å². The second-order valence-corrected chi connectivity index (χ2v) is 8.23. The summed E-state index contributed by atoms with van der Waals surface area (Å²) in [5.74, 6) is -2.41. The van der Waals surface area contributed by atoms with Gasteiger partial charge in [0, 0.05) is 24.1 Å². The molecule has 2 aromatic heterocycles. The van der Waals surface area contributed by atoms with Crippen LogP contribution in [0.15, 0.2) is 72.9 Å². The number of amides is 1. The largest absolute Gasteiger partial charge is 0.467 e. The van der Waals surface area contributed by atoms with Gasteiger partial charge >= 0.3 is 5.97 Å². The van der Waals surface area contributed by atoms with E-state index in [1.807, 2.05) is 30.3 Å². The van der Waals surface area contributed by atoms with Crippen molar-refractivity contribution in [2.45, 2.75) is 12.5 Å². The molecule has 0 aliphatic heterocycles. The van der Waals surface area contributed by atoms with E-state index in [-0.39, 0.29) is 17.5 Å². The van der Waals surface area contributed by atoms with Gasteiger partial charge < -0.3 is 15.0 Å². The molecule has 1 atom stereocenters. The van der Waals surface area contributed by atoms with Crippen LogP contribution in [-0.4, -0.2) is 40.0 Å². The van der Waals surface area contributed by atoms with Crippen molar-refractivity contribution in [2.24, 2.45) is 0 Å². The zero-order chi connectivity index (χ0) is 25.2. The molecule has 1 amide bonds. The normalized spacial score (nSPS) is 12.0. The maximum absolute atomic E-state index is 13.6. The smallest absolute Gasteiger partial charge is 0.328 e. The van der Waals surface area contributed by atoms with Crippen LogP contribution in [0.5, 0.6) is 0 Å². The number of aromatic amines is 1. The SMILES string of the molecule is COC(=O)[C@@H](Cc1cc(F)cc(F)c1)NC(=O)c1cccc2[nH]c(-c3cc4ccccc4cn3)nc12. The molecule has 0 spiro atoms. The standard InChI is InChI=1S/C27H20F2N4O3/c1-36-27(35)23(11-15-9-18(28)13-19(29)10-15)32-26(34)20-7-4-8-21-24(20)33-25(31-21)22-12-16-5-2-3-6-17(16)14-30-22/h2-10,12-14,23H,11H2,1H3,(H,31,33)(H,32,34)/t23-/m1/s1. The second-order valence-electron chi connectivity index (χ2n) is 8.23. The summed E-state index contributed by atoms with van der Waals surface area (Å²) >= 11 is 0. The lowest BCUT2D eigenvalue weighted by molar-refractivity contribution is -0.142. The number of fused-ring (bicyclic) bond motifs is 2. The van der Waals surface area contributed by atoms with Crippen LogP contribution in [0, 0.1) is 11.6 Å². The molecule has 180 valence electrons. The van der Waals surface area contributed by atoms with Crippen LogP contribution in [0.1, 0.15) is 15.9 Å². The molecule has 0 fully saturated rings. The van der Waals surface area contributed by atoms with Gasteiger partial charge in [-0.2, -0.15) is 0 Å². The number of benzene rings is 3. The molecule has 2 heterocycles. The number of imidazole rings is 1. The van der Waals surface area contributed by atoms with Crippen molar-refractivity contribution in [2.75, 3.05) is 7.11 Å². The summed E-state index contributed by atoms with van der Waals surface area (Å²) in [5.41, 5.74) is 2.02. The third-order valence-electron chi connectivity index (χ3n) is 5.78. The quantitative estimate of drug-likeness (QED) is 0.343. The first-order valence-electron chi connectivity index (χ1n) is 11.1. The lowest BCUT2D eigenvalue weighted by atomic mass is 10.0. The number of H-pyrrole nitrogens is 1. The zero-order valence-electron chi connectivity index (χ0n) is 19.1. The molecule has 9 heteroatoms. The van der Waals surface area contributed by atoms with E-state index in [9.17, 15) is 18.4 Å². The molecule has 0 aliphatic rings. The van der Waals surface area contributed by atoms with Crippen molar-refractivity contribution in [1.29, 1.82) is 0 Å². The van der Waals surface area contributed by atoms with E-state index in [1.165, 1.54) is 7.11 Å².